The summed E-state index contributed by atoms with van der Waals surface area (Å²) in [5, 5.41) is 0.660. The van der Waals surface area contributed by atoms with Crippen molar-refractivity contribution in [1.82, 2.24) is 0 Å². The number of terminal acetylenes is 2. The van der Waals surface area contributed by atoms with Gasteiger partial charge in [-0.2, -0.15) is 0 Å². The average molecular weight is 722 g/mol. The Bertz CT molecular complexity index is 1780. The molecule has 0 spiro atoms. The molecule has 0 heterocycles. The Morgan fingerprint density at radius 1 is 0.771 bits per heavy atom. The lowest BCUT2D eigenvalue weighted by Crippen LogP contribution is -2.10. The highest BCUT2D eigenvalue weighted by Gasteiger charge is 2.37. The van der Waals surface area contributed by atoms with E-state index in [1.165, 1.54) is 40.6 Å². The summed E-state index contributed by atoms with van der Waals surface area (Å²) in [5.74, 6) is 15.4. The number of halogens is 3. The smallest absolute Gasteiger partial charge is 0.171 e. The third kappa shape index (κ3) is 9.78. The third-order valence-electron chi connectivity index (χ3n) is 6.99. The predicted octanol–water partition coefficient (Wildman–Crippen LogP) is 7.75. The number of Topliss-reactive ketones (excluding diaryl/α,β-unsaturated/α-hetero) is 2. The maximum absolute atomic E-state index is 14.6. The Balaban J connectivity index is 0.000000427. The second kappa shape index (κ2) is 20.3. The summed E-state index contributed by atoms with van der Waals surface area (Å²) in [6.45, 7) is 3.33. The highest BCUT2D eigenvalue weighted by atomic mass is 79.9. The van der Waals surface area contributed by atoms with Gasteiger partial charge in [0, 0.05) is 42.7 Å². The lowest BCUT2D eigenvalue weighted by molar-refractivity contribution is -0.116. The highest BCUT2D eigenvalue weighted by molar-refractivity contribution is 9.09. The Hall–Kier alpha value is -4.96. The molecule has 0 amide bonds. The van der Waals surface area contributed by atoms with Crippen molar-refractivity contribution >= 4 is 38.6 Å². The van der Waals surface area contributed by atoms with Gasteiger partial charge in [-0.3, -0.25) is 9.59 Å². The van der Waals surface area contributed by atoms with E-state index in [1.807, 2.05) is 0 Å². The van der Waals surface area contributed by atoms with Crippen LogP contribution in [0.4, 0.5) is 8.78 Å². The van der Waals surface area contributed by atoms with Gasteiger partial charge in [0.25, 0.3) is 0 Å². The second-order valence-corrected chi connectivity index (χ2v) is 10.3. The van der Waals surface area contributed by atoms with Crippen LogP contribution in [0.2, 0.25) is 0 Å². The molecule has 1 unspecified atom stereocenters. The zero-order chi connectivity index (χ0) is 35.1. The molecule has 6 nitrogen and oxygen atoms in total. The number of benzene rings is 2. The van der Waals surface area contributed by atoms with Crippen LogP contribution in [-0.2, 0) is 19.1 Å². The molecule has 0 fully saturated rings. The molecule has 252 valence electrons. The molecule has 9 heteroatoms. The van der Waals surface area contributed by atoms with E-state index in [4.69, 9.17) is 31.8 Å². The molecule has 2 aromatic carbocycles. The lowest BCUT2D eigenvalue weighted by atomic mass is 9.95. The predicted molar refractivity (Wildman–Crippen MR) is 189 cm³/mol. The number of carbonyl (C=O) groups is 2. The first kappa shape index (κ1) is 41.1. The molecule has 0 aromatic heterocycles. The third-order valence-corrected chi connectivity index (χ3v) is 7.31. The van der Waals surface area contributed by atoms with Crippen molar-refractivity contribution in [3.05, 3.63) is 69.7 Å². The molecule has 4 rings (SSSR count). The summed E-state index contributed by atoms with van der Waals surface area (Å²) in [6.07, 6.45) is 11.5. The average Bonchev–Trinajstić information content (AvgIpc) is 3.59. The number of ketones is 2. The minimum Gasteiger partial charge on any atom is -0.500 e. The minimum atomic E-state index is -0.568. The molecule has 0 saturated carbocycles. The van der Waals surface area contributed by atoms with Gasteiger partial charge in [0.15, 0.2) is 11.6 Å². The van der Waals surface area contributed by atoms with Crippen LogP contribution in [0.15, 0.2) is 35.8 Å². The van der Waals surface area contributed by atoms with E-state index < -0.39 is 11.6 Å². The molecule has 48 heavy (non-hydrogen) atoms. The van der Waals surface area contributed by atoms with Crippen molar-refractivity contribution in [2.75, 3.05) is 33.8 Å². The van der Waals surface area contributed by atoms with Gasteiger partial charge in [0.2, 0.25) is 0 Å². The normalized spacial score (nSPS) is 14.3. The van der Waals surface area contributed by atoms with Crippen LogP contribution in [0.3, 0.4) is 0 Å². The Kier molecular flexibility index (Phi) is 17.4. The number of hydrogen-bond acceptors (Lipinski definition) is 6. The van der Waals surface area contributed by atoms with Gasteiger partial charge in [0.1, 0.15) is 34.7 Å². The van der Waals surface area contributed by atoms with Crippen molar-refractivity contribution in [2.24, 2.45) is 5.92 Å². The fourth-order valence-corrected chi connectivity index (χ4v) is 5.03. The standard InChI is InChI=1S/C19H17FO3.C16H15FO3.C3H3Br.CH4/c1-5-7-12-9-14(20)17(15(10-12)22-3)18-16(23-4)11-13(8-6-2)19(18)21;1-4-5-10-8-11(17)15(14(9-10)20-3)16-12(18)6-7-13(16)19-2;1-2-3-4;/h2,9-10,13H,8,11H2,1,3-4H3;8-9H,6-7H2,1-3H3;1H,3H2;1H4. The van der Waals surface area contributed by atoms with Gasteiger partial charge in [-0.05, 0) is 38.1 Å². The maximum Gasteiger partial charge on any atom is 0.171 e. The van der Waals surface area contributed by atoms with Crippen molar-refractivity contribution in [2.45, 2.75) is 47.0 Å². The lowest BCUT2D eigenvalue weighted by Gasteiger charge is -2.12. The first-order valence-electron chi connectivity index (χ1n) is 14.3. The number of rotatable bonds is 7. The number of hydrogen-bond donors (Lipinski definition) is 0. The van der Waals surface area contributed by atoms with Gasteiger partial charge in [-0.1, -0.05) is 41.1 Å². The molecule has 0 radical (unpaired) electrons. The van der Waals surface area contributed by atoms with Crippen LogP contribution in [0, 0.1) is 65.9 Å². The van der Waals surface area contributed by atoms with Crippen LogP contribution in [0.5, 0.6) is 11.5 Å². The zero-order valence-corrected chi connectivity index (χ0v) is 28.7. The maximum atomic E-state index is 14.6. The topological polar surface area (TPSA) is 71.1 Å². The Morgan fingerprint density at radius 3 is 1.65 bits per heavy atom. The van der Waals surface area contributed by atoms with Gasteiger partial charge >= 0.3 is 0 Å². The van der Waals surface area contributed by atoms with Gasteiger partial charge in [-0.15, -0.1) is 30.6 Å². The monoisotopic (exact) mass is 720 g/mol. The van der Waals surface area contributed by atoms with E-state index in [2.05, 4.69) is 51.5 Å². The molecule has 1 atom stereocenters. The molecule has 0 bridgehead atoms. The summed E-state index contributed by atoms with van der Waals surface area (Å²) in [6, 6.07) is 5.83. The summed E-state index contributed by atoms with van der Waals surface area (Å²) >= 11 is 3.01. The van der Waals surface area contributed by atoms with Gasteiger partial charge in [-0.25, -0.2) is 8.78 Å². The van der Waals surface area contributed by atoms with Crippen LogP contribution in [0.1, 0.15) is 69.2 Å². The Morgan fingerprint density at radius 2 is 1.25 bits per heavy atom. The largest absolute Gasteiger partial charge is 0.500 e. The van der Waals surface area contributed by atoms with Crippen LogP contribution in [0.25, 0.3) is 11.1 Å². The minimum absolute atomic E-state index is 0. The fraction of sp³-hybridized carbons (Fsp3) is 0.333. The second-order valence-electron chi connectivity index (χ2n) is 9.76. The number of methoxy groups -OCH3 is 4. The first-order chi connectivity index (χ1) is 22.6. The summed E-state index contributed by atoms with van der Waals surface area (Å²) in [7, 11) is 5.80. The van der Waals surface area contributed by atoms with Gasteiger partial charge in [0.05, 0.1) is 56.0 Å². The molecule has 2 aliphatic rings. The van der Waals surface area contributed by atoms with E-state index in [-0.39, 0.29) is 52.9 Å². The van der Waals surface area contributed by atoms with Crippen LogP contribution >= 0.6 is 15.9 Å². The van der Waals surface area contributed by atoms with E-state index in [1.54, 1.807) is 26.0 Å². The summed E-state index contributed by atoms with van der Waals surface area (Å²) in [4.78, 5) is 24.6. The van der Waals surface area contributed by atoms with Gasteiger partial charge < -0.3 is 18.9 Å². The van der Waals surface area contributed by atoms with Crippen molar-refractivity contribution < 1.29 is 37.3 Å². The number of ether oxygens (including phenoxy) is 4. The summed E-state index contributed by atoms with van der Waals surface area (Å²) < 4.78 is 50.0. The Labute approximate surface area is 291 Å². The van der Waals surface area contributed by atoms with E-state index >= 15 is 0 Å². The molecule has 0 saturated heterocycles. The van der Waals surface area contributed by atoms with E-state index in [0.29, 0.717) is 59.4 Å². The van der Waals surface area contributed by atoms with Crippen molar-refractivity contribution in [3.63, 3.8) is 0 Å². The number of allylic oxidation sites excluding steroid dienone is 4. The molecular formula is C39H39BrF2O6. The molecule has 0 N–H and O–H groups in total. The number of alkyl halides is 1. The van der Waals surface area contributed by atoms with Crippen LogP contribution in [-0.4, -0.2) is 45.3 Å². The van der Waals surface area contributed by atoms with E-state index in [9.17, 15) is 18.4 Å². The highest BCUT2D eigenvalue weighted by Crippen LogP contribution is 2.42. The number of carbonyl (C=O) groups excluding carboxylic acids is 2. The molecule has 2 aliphatic carbocycles. The molecule has 2 aromatic rings. The summed E-state index contributed by atoms with van der Waals surface area (Å²) in [5.41, 5.74) is 1.74. The van der Waals surface area contributed by atoms with Crippen molar-refractivity contribution in [1.29, 1.82) is 0 Å². The van der Waals surface area contributed by atoms with Crippen LogP contribution < -0.4 is 9.47 Å². The van der Waals surface area contributed by atoms with E-state index in [0.717, 1.165) is 0 Å². The van der Waals surface area contributed by atoms with Crippen molar-refractivity contribution in [3.8, 4) is 59.9 Å². The molecule has 0 aliphatic heterocycles. The fourth-order valence-electron chi connectivity index (χ4n) is 5.03. The molecular weight excluding hydrogens is 682 g/mol. The first-order valence-corrected chi connectivity index (χ1v) is 15.4. The quantitative estimate of drug-likeness (QED) is 0.215. The SMILES string of the molecule is C.C#CCBr.C#CCC1CC(OC)=C(c2c(F)cc(C#CC)cc2OC)C1=O.CC#Cc1cc(F)c(C2=C(OC)CCC2=O)c(OC)c1. The zero-order valence-electron chi connectivity index (χ0n) is 27.2.